The van der Waals surface area contributed by atoms with Crippen LogP contribution in [0.3, 0.4) is 0 Å². The van der Waals surface area contributed by atoms with Crippen LogP contribution >= 0.6 is 0 Å². The lowest BCUT2D eigenvalue weighted by atomic mass is 10.2. The Morgan fingerprint density at radius 2 is 2.07 bits per heavy atom. The average Bonchev–Trinajstić information content (AvgIpc) is 2.97. The van der Waals surface area contributed by atoms with Crippen molar-refractivity contribution in [2.75, 3.05) is 13.2 Å². The molecule has 0 saturated carbocycles. The second-order valence-corrected chi connectivity index (χ2v) is 4.04. The maximum atomic E-state index is 5.65. The first-order chi connectivity index (χ1) is 7.27. The quantitative estimate of drug-likeness (QED) is 0.681. The Morgan fingerprint density at radius 3 is 2.67 bits per heavy atom. The Labute approximate surface area is 91.2 Å². The molecule has 1 atom stereocenters. The predicted molar refractivity (Wildman–Crippen MR) is 61.4 cm³/mol. The molecule has 1 aromatic carbocycles. The van der Waals surface area contributed by atoms with Crippen molar-refractivity contribution in [2.24, 2.45) is 0 Å². The van der Waals surface area contributed by atoms with Gasteiger partial charge in [-0.15, -0.1) is 0 Å². The summed E-state index contributed by atoms with van der Waals surface area (Å²) in [5.74, 6) is 0. The Balaban J connectivity index is 1.69. The molecule has 2 nitrogen and oxygen atoms in total. The molecule has 15 heavy (non-hydrogen) atoms. The molecule has 1 aliphatic rings. The number of benzene rings is 1. The molecule has 0 bridgehead atoms. The summed E-state index contributed by atoms with van der Waals surface area (Å²) in [6, 6.07) is 10.7. The van der Waals surface area contributed by atoms with Crippen LogP contribution in [-0.2, 0) is 11.3 Å². The van der Waals surface area contributed by atoms with Crippen molar-refractivity contribution in [3.8, 4) is 0 Å². The molecule has 0 unspecified atom stereocenters. The largest absolute Gasteiger partial charge is 0.375 e. The van der Waals surface area contributed by atoms with Gasteiger partial charge in [0, 0.05) is 11.7 Å². The van der Waals surface area contributed by atoms with E-state index >= 15 is 0 Å². The Bertz CT molecular complexity index is 334. The number of nitrogens with zero attached hydrogens (tertiary/aromatic N) is 1. The number of rotatable bonds is 5. The van der Waals surface area contributed by atoms with Gasteiger partial charge in [0.1, 0.15) is 0 Å². The maximum Gasteiger partial charge on any atom is 0.0717 e. The third-order valence-electron chi connectivity index (χ3n) is 2.66. The monoisotopic (exact) mass is 203 g/mol. The molecule has 0 amide bonds. The summed E-state index contributed by atoms with van der Waals surface area (Å²) in [7, 11) is 0. The minimum absolute atomic E-state index is 0.459. The normalized spacial score (nSPS) is 16.6. The van der Waals surface area contributed by atoms with Crippen molar-refractivity contribution < 1.29 is 4.74 Å². The van der Waals surface area contributed by atoms with Crippen LogP contribution in [0, 0.1) is 0 Å². The molecule has 80 valence electrons. The van der Waals surface area contributed by atoms with Crippen molar-refractivity contribution in [1.82, 2.24) is 4.90 Å². The molecule has 1 aromatic rings. The SMILES string of the molecule is C=C1CN1[C@H](C)COCc1ccccc1. The van der Waals surface area contributed by atoms with Gasteiger partial charge in [0.2, 0.25) is 0 Å². The lowest BCUT2D eigenvalue weighted by Crippen LogP contribution is -2.20. The van der Waals surface area contributed by atoms with Gasteiger partial charge in [-0.3, -0.25) is 0 Å². The predicted octanol–water partition coefficient (Wildman–Crippen LogP) is 2.42. The highest BCUT2D eigenvalue weighted by atomic mass is 16.5. The summed E-state index contributed by atoms with van der Waals surface area (Å²) in [6.45, 7) is 8.58. The van der Waals surface area contributed by atoms with E-state index in [-0.39, 0.29) is 0 Å². The summed E-state index contributed by atoms with van der Waals surface area (Å²) in [5, 5.41) is 0. The van der Waals surface area contributed by atoms with E-state index in [9.17, 15) is 0 Å². The van der Waals surface area contributed by atoms with Crippen LogP contribution in [0.15, 0.2) is 42.6 Å². The highest BCUT2D eigenvalue weighted by molar-refractivity contribution is 5.15. The number of ether oxygens (including phenoxy) is 1. The molecule has 2 heteroatoms. The zero-order valence-corrected chi connectivity index (χ0v) is 9.15. The van der Waals surface area contributed by atoms with Crippen molar-refractivity contribution in [3.63, 3.8) is 0 Å². The van der Waals surface area contributed by atoms with Gasteiger partial charge in [-0.2, -0.15) is 0 Å². The van der Waals surface area contributed by atoms with E-state index in [1.54, 1.807) is 0 Å². The minimum Gasteiger partial charge on any atom is -0.375 e. The van der Waals surface area contributed by atoms with E-state index in [0.29, 0.717) is 12.6 Å². The summed E-state index contributed by atoms with van der Waals surface area (Å²) >= 11 is 0. The fraction of sp³-hybridized carbons (Fsp3) is 0.385. The van der Waals surface area contributed by atoms with E-state index in [2.05, 4.69) is 30.5 Å². The molecule has 0 spiro atoms. The topological polar surface area (TPSA) is 12.2 Å². The van der Waals surface area contributed by atoms with Crippen molar-refractivity contribution in [1.29, 1.82) is 0 Å². The summed E-state index contributed by atoms with van der Waals surface area (Å²) < 4.78 is 5.65. The second kappa shape index (κ2) is 4.49. The van der Waals surface area contributed by atoms with Crippen molar-refractivity contribution in [2.45, 2.75) is 19.6 Å². The van der Waals surface area contributed by atoms with Crippen molar-refractivity contribution in [3.05, 3.63) is 48.2 Å². The zero-order chi connectivity index (χ0) is 10.7. The van der Waals surface area contributed by atoms with E-state index in [0.717, 1.165) is 13.2 Å². The first kappa shape index (κ1) is 10.2. The summed E-state index contributed by atoms with van der Waals surface area (Å²) in [4.78, 5) is 2.25. The van der Waals surface area contributed by atoms with E-state index in [1.165, 1.54) is 11.3 Å². The molecular formula is C13H17NO. The molecule has 1 aliphatic heterocycles. The average molecular weight is 203 g/mol. The molecule has 1 heterocycles. The van der Waals surface area contributed by atoms with E-state index in [4.69, 9.17) is 4.74 Å². The van der Waals surface area contributed by atoms with Crippen LogP contribution < -0.4 is 0 Å². The molecular weight excluding hydrogens is 186 g/mol. The van der Waals surface area contributed by atoms with Crippen LogP contribution in [0.1, 0.15) is 12.5 Å². The Kier molecular flexibility index (Phi) is 3.07. The molecule has 0 aromatic heterocycles. The van der Waals surface area contributed by atoms with Gasteiger partial charge in [0.25, 0.3) is 0 Å². The maximum absolute atomic E-state index is 5.65. The molecule has 1 fully saturated rings. The highest BCUT2D eigenvalue weighted by Gasteiger charge is 2.27. The van der Waals surface area contributed by atoms with Gasteiger partial charge in [0.05, 0.1) is 19.8 Å². The van der Waals surface area contributed by atoms with Crippen molar-refractivity contribution >= 4 is 0 Å². The lowest BCUT2D eigenvalue weighted by molar-refractivity contribution is 0.0904. The fourth-order valence-electron chi connectivity index (χ4n) is 1.64. The molecule has 0 radical (unpaired) electrons. The summed E-state index contributed by atoms with van der Waals surface area (Å²) in [5.41, 5.74) is 2.46. The van der Waals surface area contributed by atoms with Crippen LogP contribution in [0.4, 0.5) is 0 Å². The zero-order valence-electron chi connectivity index (χ0n) is 9.15. The van der Waals surface area contributed by atoms with E-state index in [1.807, 2.05) is 18.2 Å². The van der Waals surface area contributed by atoms with Crippen LogP contribution in [0.5, 0.6) is 0 Å². The third-order valence-corrected chi connectivity index (χ3v) is 2.66. The molecule has 0 N–H and O–H groups in total. The van der Waals surface area contributed by atoms with Gasteiger partial charge in [0.15, 0.2) is 0 Å². The van der Waals surface area contributed by atoms with E-state index < -0.39 is 0 Å². The molecule has 2 rings (SSSR count). The number of hydrogen-bond acceptors (Lipinski definition) is 2. The highest BCUT2D eigenvalue weighted by Crippen LogP contribution is 2.23. The Morgan fingerprint density at radius 1 is 1.40 bits per heavy atom. The first-order valence-electron chi connectivity index (χ1n) is 5.33. The summed E-state index contributed by atoms with van der Waals surface area (Å²) in [6.07, 6.45) is 0. The smallest absolute Gasteiger partial charge is 0.0717 e. The second-order valence-electron chi connectivity index (χ2n) is 4.04. The Hall–Kier alpha value is -1.28. The van der Waals surface area contributed by atoms with Gasteiger partial charge in [-0.05, 0) is 12.5 Å². The fourth-order valence-corrected chi connectivity index (χ4v) is 1.64. The van der Waals surface area contributed by atoms with Gasteiger partial charge in [-0.1, -0.05) is 36.9 Å². The van der Waals surface area contributed by atoms with Gasteiger partial charge in [-0.25, -0.2) is 0 Å². The molecule has 0 aliphatic carbocycles. The standard InChI is InChI=1S/C13H17NO/c1-11-8-14(11)12(2)9-15-10-13-6-4-3-5-7-13/h3-7,12H,1,8-10H2,2H3/t12-,14?/m1/s1. The van der Waals surface area contributed by atoms with Gasteiger partial charge < -0.3 is 9.64 Å². The molecule has 1 saturated heterocycles. The first-order valence-corrected chi connectivity index (χ1v) is 5.33. The third kappa shape index (κ3) is 2.83. The lowest BCUT2D eigenvalue weighted by Gasteiger charge is -2.13. The van der Waals surface area contributed by atoms with Crippen LogP contribution in [0.25, 0.3) is 0 Å². The van der Waals surface area contributed by atoms with Gasteiger partial charge >= 0.3 is 0 Å². The van der Waals surface area contributed by atoms with Crippen LogP contribution in [-0.4, -0.2) is 24.1 Å². The van der Waals surface area contributed by atoms with Crippen LogP contribution in [0.2, 0.25) is 0 Å². The minimum atomic E-state index is 0.459. The number of hydrogen-bond donors (Lipinski definition) is 0.